The monoisotopic (exact) mass is 478 g/mol. The second-order valence-electron chi connectivity index (χ2n) is 9.97. The van der Waals surface area contributed by atoms with E-state index in [1.54, 1.807) is 14.2 Å². The van der Waals surface area contributed by atoms with Gasteiger partial charge >= 0.3 is 6.09 Å². The minimum absolute atomic E-state index is 0.0182. The Morgan fingerprint density at radius 2 is 1.94 bits per heavy atom. The first-order chi connectivity index (χ1) is 16.1. The molecule has 0 unspecified atom stereocenters. The van der Waals surface area contributed by atoms with E-state index in [0.29, 0.717) is 31.3 Å². The molecule has 2 fully saturated rings. The molecule has 1 heterocycles. The van der Waals surface area contributed by atoms with Crippen LogP contribution >= 0.6 is 0 Å². The minimum Gasteiger partial charge on any atom is -0.493 e. The van der Waals surface area contributed by atoms with Gasteiger partial charge in [0.2, 0.25) is 0 Å². The number of morpholine rings is 1. The van der Waals surface area contributed by atoms with Crippen molar-refractivity contribution in [2.24, 2.45) is 5.41 Å². The maximum Gasteiger partial charge on any atom is 0.407 e. The fourth-order valence-electron chi connectivity index (χ4n) is 4.29. The lowest BCUT2D eigenvalue weighted by Crippen LogP contribution is -2.67. The smallest absolute Gasteiger partial charge is 0.407 e. The van der Waals surface area contributed by atoms with Crippen LogP contribution in [-0.4, -0.2) is 85.7 Å². The number of amides is 2. The summed E-state index contributed by atoms with van der Waals surface area (Å²) in [6.07, 6.45) is 1.56. The van der Waals surface area contributed by atoms with E-state index in [1.165, 1.54) is 4.90 Å². The second kappa shape index (κ2) is 10.8. The van der Waals surface area contributed by atoms with Crippen LogP contribution in [0.25, 0.3) is 0 Å². The Kier molecular flexibility index (Phi) is 8.30. The molecule has 0 radical (unpaired) electrons. The molecule has 2 amide bonds. The number of carbonyl (C=O) groups excluding carboxylic acids is 1. The highest BCUT2D eigenvalue weighted by molar-refractivity contribution is 5.88. The van der Waals surface area contributed by atoms with Crippen molar-refractivity contribution in [2.45, 2.75) is 58.2 Å². The summed E-state index contributed by atoms with van der Waals surface area (Å²) in [5.74, 6) is 1.09. The van der Waals surface area contributed by atoms with Gasteiger partial charge in [-0.15, -0.1) is 0 Å². The molecule has 1 saturated heterocycles. The molecule has 0 aromatic heterocycles. The number of carboxylic acid groups (broad SMARTS) is 1. The molecule has 1 saturated carbocycles. The third-order valence-electron chi connectivity index (χ3n) is 6.53. The van der Waals surface area contributed by atoms with Crippen LogP contribution in [0.4, 0.5) is 4.79 Å². The average molecular weight is 479 g/mol. The number of hydrogen-bond acceptors (Lipinski definition) is 6. The van der Waals surface area contributed by atoms with Gasteiger partial charge in [0, 0.05) is 44.7 Å². The van der Waals surface area contributed by atoms with Gasteiger partial charge in [-0.3, -0.25) is 4.79 Å². The third kappa shape index (κ3) is 5.75. The van der Waals surface area contributed by atoms with Crippen LogP contribution in [0.15, 0.2) is 18.2 Å². The van der Waals surface area contributed by atoms with Crippen molar-refractivity contribution in [1.82, 2.24) is 9.80 Å². The zero-order valence-corrected chi connectivity index (χ0v) is 21.0. The largest absolute Gasteiger partial charge is 0.493 e. The third-order valence-corrected chi connectivity index (χ3v) is 6.53. The minimum atomic E-state index is -1.25. The molecule has 1 aliphatic heterocycles. The van der Waals surface area contributed by atoms with E-state index in [4.69, 9.17) is 18.9 Å². The van der Waals surface area contributed by atoms with E-state index < -0.39 is 17.1 Å². The van der Waals surface area contributed by atoms with E-state index in [2.05, 4.69) is 0 Å². The van der Waals surface area contributed by atoms with Crippen molar-refractivity contribution >= 4 is 12.0 Å². The van der Waals surface area contributed by atoms with Gasteiger partial charge in [-0.25, -0.2) is 4.79 Å². The molecule has 1 atom stereocenters. The lowest BCUT2D eigenvalue weighted by molar-refractivity contribution is -0.192. The van der Waals surface area contributed by atoms with Crippen molar-refractivity contribution < 1.29 is 33.6 Å². The highest BCUT2D eigenvalue weighted by atomic mass is 16.5. The number of rotatable bonds is 10. The normalized spacial score (nSPS) is 20.7. The lowest BCUT2D eigenvalue weighted by Gasteiger charge is -2.50. The zero-order valence-electron chi connectivity index (χ0n) is 21.0. The molecule has 34 heavy (non-hydrogen) atoms. The van der Waals surface area contributed by atoms with E-state index in [1.807, 2.05) is 43.9 Å². The molecule has 2 aliphatic rings. The van der Waals surface area contributed by atoms with Crippen molar-refractivity contribution in [3.63, 3.8) is 0 Å². The van der Waals surface area contributed by atoms with E-state index in [0.717, 1.165) is 24.8 Å². The van der Waals surface area contributed by atoms with Crippen LogP contribution in [0.3, 0.4) is 0 Å². The van der Waals surface area contributed by atoms with Crippen LogP contribution in [-0.2, 0) is 20.8 Å². The predicted molar refractivity (Wildman–Crippen MR) is 126 cm³/mol. The second-order valence-corrected chi connectivity index (χ2v) is 9.97. The quantitative estimate of drug-likeness (QED) is 0.515. The van der Waals surface area contributed by atoms with Crippen LogP contribution in [0.5, 0.6) is 11.5 Å². The number of nitrogens with zero attached hydrogens (tertiary/aromatic N) is 2. The Morgan fingerprint density at radius 3 is 2.53 bits per heavy atom. The SMILES string of the molecule is COCCCOc1cc(CN(C(=O)[C@@]2(C(C)(C)C)CN(C(=O)O)CCO2)C2CC2)ccc1OC. The Balaban J connectivity index is 1.85. The number of benzene rings is 1. The standard InChI is InChI=1S/C25H38N2O7/c1-24(2,3)25(17-26(23(29)30)11-14-34-25)22(28)27(19-8-9-19)16-18-7-10-20(32-5)21(15-18)33-13-6-12-31-4/h7,10,15,19H,6,8-9,11-14,16-17H2,1-5H3,(H,29,30)/t25-/m1/s1. The van der Waals surface area contributed by atoms with Gasteiger partial charge in [0.25, 0.3) is 5.91 Å². The molecule has 9 heteroatoms. The summed E-state index contributed by atoms with van der Waals surface area (Å²) in [6.45, 7) is 7.74. The first kappa shape index (κ1) is 26.1. The number of ether oxygens (including phenoxy) is 4. The molecule has 1 aliphatic carbocycles. The molecule has 3 rings (SSSR count). The van der Waals surface area contributed by atoms with Crippen molar-refractivity contribution in [1.29, 1.82) is 0 Å². The van der Waals surface area contributed by atoms with Crippen molar-refractivity contribution in [3.8, 4) is 11.5 Å². The van der Waals surface area contributed by atoms with Crippen LogP contribution in [0.2, 0.25) is 0 Å². The van der Waals surface area contributed by atoms with Crippen molar-refractivity contribution in [2.75, 3.05) is 47.1 Å². The molecular formula is C25H38N2O7. The Bertz CT molecular complexity index is 865. The molecule has 1 aromatic rings. The van der Waals surface area contributed by atoms with Crippen LogP contribution in [0, 0.1) is 5.41 Å². The van der Waals surface area contributed by atoms with E-state index in [-0.39, 0.29) is 31.6 Å². The highest BCUT2D eigenvalue weighted by Crippen LogP contribution is 2.41. The summed E-state index contributed by atoms with van der Waals surface area (Å²) >= 11 is 0. The maximum atomic E-state index is 14.1. The van der Waals surface area contributed by atoms with Gasteiger partial charge in [0.15, 0.2) is 17.1 Å². The first-order valence-electron chi connectivity index (χ1n) is 11.8. The molecule has 1 N–H and O–H groups in total. The van der Waals surface area contributed by atoms with Gasteiger partial charge in [-0.05, 0) is 30.5 Å². The summed E-state index contributed by atoms with van der Waals surface area (Å²) in [5.41, 5.74) is -0.934. The van der Waals surface area contributed by atoms with Crippen LogP contribution in [0.1, 0.15) is 45.6 Å². The number of hydrogen-bond donors (Lipinski definition) is 1. The average Bonchev–Trinajstić information content (AvgIpc) is 3.64. The summed E-state index contributed by atoms with van der Waals surface area (Å²) < 4.78 is 22.6. The summed E-state index contributed by atoms with van der Waals surface area (Å²) in [6, 6.07) is 5.80. The van der Waals surface area contributed by atoms with Gasteiger partial charge in [-0.1, -0.05) is 26.8 Å². The fourth-order valence-corrected chi connectivity index (χ4v) is 4.29. The molecule has 0 bridgehead atoms. The summed E-state index contributed by atoms with van der Waals surface area (Å²) in [5, 5.41) is 9.61. The van der Waals surface area contributed by atoms with Crippen LogP contribution < -0.4 is 9.47 Å². The Labute approximate surface area is 201 Å². The lowest BCUT2D eigenvalue weighted by atomic mass is 9.74. The van der Waals surface area contributed by atoms with Gasteiger partial charge < -0.3 is 33.9 Å². The fraction of sp³-hybridized carbons (Fsp3) is 0.680. The Morgan fingerprint density at radius 1 is 1.21 bits per heavy atom. The Hall–Kier alpha value is -2.52. The molecule has 1 aromatic carbocycles. The molecule has 0 spiro atoms. The van der Waals surface area contributed by atoms with E-state index >= 15 is 0 Å². The molecule has 9 nitrogen and oxygen atoms in total. The van der Waals surface area contributed by atoms with Crippen molar-refractivity contribution in [3.05, 3.63) is 23.8 Å². The first-order valence-corrected chi connectivity index (χ1v) is 11.8. The summed E-state index contributed by atoms with van der Waals surface area (Å²) in [4.78, 5) is 29.0. The molecule has 190 valence electrons. The van der Waals surface area contributed by atoms with Gasteiger partial charge in [0.1, 0.15) is 0 Å². The maximum absolute atomic E-state index is 14.1. The van der Waals surface area contributed by atoms with Gasteiger partial charge in [-0.2, -0.15) is 0 Å². The topological polar surface area (TPSA) is 97.8 Å². The highest BCUT2D eigenvalue weighted by Gasteiger charge is 2.56. The number of carbonyl (C=O) groups is 2. The predicted octanol–water partition coefficient (Wildman–Crippen LogP) is 3.40. The molecular weight excluding hydrogens is 440 g/mol. The zero-order chi connectivity index (χ0) is 24.9. The number of methoxy groups -OCH3 is 2. The summed E-state index contributed by atoms with van der Waals surface area (Å²) in [7, 11) is 3.25. The van der Waals surface area contributed by atoms with E-state index in [9.17, 15) is 14.7 Å². The van der Waals surface area contributed by atoms with Gasteiger partial charge in [0.05, 0.1) is 26.9 Å².